The number of hydrogen-bond donors (Lipinski definition) is 1. The van der Waals surface area contributed by atoms with Crippen LogP contribution >= 0.6 is 11.6 Å². The molecular formula is C15H20ClN3O. The number of nitrogens with two attached hydrogens (primary N) is 1. The molecule has 2 rings (SSSR count). The monoisotopic (exact) mass is 293 g/mol. The standard InChI is InChI=1S/C15H20ClN3O/c1-11-3-2-8-19(10-11)15(20)12-4-6-13(7-5-12)18-14(17)9-16/h4-7,11H,2-3,8-10H2,1H3,(H2,17,18). The molecular weight excluding hydrogens is 274 g/mol. The molecule has 0 aliphatic carbocycles. The topological polar surface area (TPSA) is 58.7 Å². The molecule has 1 fully saturated rings. The van der Waals surface area contributed by atoms with Crippen LogP contribution in [0.5, 0.6) is 0 Å². The van der Waals surface area contributed by atoms with Gasteiger partial charge in [-0.3, -0.25) is 4.79 Å². The number of benzene rings is 1. The summed E-state index contributed by atoms with van der Waals surface area (Å²) in [6.45, 7) is 3.88. The zero-order valence-electron chi connectivity index (χ0n) is 11.7. The third-order valence-corrected chi connectivity index (χ3v) is 3.74. The van der Waals surface area contributed by atoms with E-state index in [4.69, 9.17) is 17.3 Å². The van der Waals surface area contributed by atoms with Crippen molar-refractivity contribution >= 4 is 29.0 Å². The van der Waals surface area contributed by atoms with Gasteiger partial charge in [-0.05, 0) is 43.0 Å². The quantitative estimate of drug-likeness (QED) is 0.529. The summed E-state index contributed by atoms with van der Waals surface area (Å²) in [5, 5.41) is 0. The first-order valence-electron chi connectivity index (χ1n) is 6.88. The lowest BCUT2D eigenvalue weighted by Gasteiger charge is -2.31. The zero-order chi connectivity index (χ0) is 14.5. The average molecular weight is 294 g/mol. The number of likely N-dealkylation sites (tertiary alicyclic amines) is 1. The van der Waals surface area contributed by atoms with Crippen LogP contribution in [-0.4, -0.2) is 35.6 Å². The number of hydrogen-bond acceptors (Lipinski definition) is 2. The first kappa shape index (κ1) is 14.9. The molecule has 0 saturated carbocycles. The number of carbonyl (C=O) groups excluding carboxylic acids is 1. The molecule has 0 radical (unpaired) electrons. The Bertz CT molecular complexity index is 498. The average Bonchev–Trinajstić information content (AvgIpc) is 2.47. The largest absolute Gasteiger partial charge is 0.386 e. The Morgan fingerprint density at radius 3 is 2.75 bits per heavy atom. The van der Waals surface area contributed by atoms with Crippen molar-refractivity contribution < 1.29 is 4.79 Å². The van der Waals surface area contributed by atoms with E-state index in [1.165, 1.54) is 6.42 Å². The van der Waals surface area contributed by atoms with Crippen LogP contribution in [0.4, 0.5) is 5.69 Å². The van der Waals surface area contributed by atoms with Crippen molar-refractivity contribution in [2.45, 2.75) is 19.8 Å². The normalized spacial score (nSPS) is 20.0. The number of nitrogens with zero attached hydrogens (tertiary/aromatic N) is 2. The summed E-state index contributed by atoms with van der Waals surface area (Å²) in [7, 11) is 0. The molecule has 1 amide bonds. The van der Waals surface area contributed by atoms with Crippen LogP contribution in [0.1, 0.15) is 30.1 Å². The highest BCUT2D eigenvalue weighted by atomic mass is 35.5. The highest BCUT2D eigenvalue weighted by molar-refractivity contribution is 6.28. The fourth-order valence-electron chi connectivity index (χ4n) is 2.43. The van der Waals surface area contributed by atoms with E-state index in [1.807, 2.05) is 4.90 Å². The summed E-state index contributed by atoms with van der Waals surface area (Å²) < 4.78 is 0. The number of piperidine rings is 1. The number of carbonyl (C=O) groups is 1. The predicted molar refractivity (Wildman–Crippen MR) is 82.7 cm³/mol. The van der Waals surface area contributed by atoms with Crippen molar-refractivity contribution in [3.8, 4) is 0 Å². The molecule has 2 N–H and O–H groups in total. The van der Waals surface area contributed by atoms with E-state index in [2.05, 4.69) is 11.9 Å². The van der Waals surface area contributed by atoms with Crippen molar-refractivity contribution in [1.29, 1.82) is 0 Å². The third kappa shape index (κ3) is 3.73. The predicted octanol–water partition coefficient (Wildman–Crippen LogP) is 2.79. The van der Waals surface area contributed by atoms with Gasteiger partial charge in [0, 0.05) is 18.7 Å². The molecule has 1 aliphatic rings. The minimum absolute atomic E-state index is 0.0948. The Morgan fingerprint density at radius 2 is 2.15 bits per heavy atom. The molecule has 1 heterocycles. The van der Waals surface area contributed by atoms with E-state index < -0.39 is 0 Å². The molecule has 0 spiro atoms. The van der Waals surface area contributed by atoms with Gasteiger partial charge >= 0.3 is 0 Å². The van der Waals surface area contributed by atoms with Crippen LogP contribution in [0.15, 0.2) is 29.3 Å². The summed E-state index contributed by atoms with van der Waals surface area (Å²) in [6.07, 6.45) is 2.29. The van der Waals surface area contributed by atoms with Crippen molar-refractivity contribution in [2.24, 2.45) is 16.6 Å². The van der Waals surface area contributed by atoms with E-state index in [1.54, 1.807) is 24.3 Å². The lowest BCUT2D eigenvalue weighted by Crippen LogP contribution is -2.39. The highest BCUT2D eigenvalue weighted by Crippen LogP contribution is 2.19. The Labute approximate surface area is 124 Å². The third-order valence-electron chi connectivity index (χ3n) is 3.47. The second-order valence-electron chi connectivity index (χ2n) is 5.28. The molecule has 0 aromatic heterocycles. The molecule has 1 aliphatic heterocycles. The van der Waals surface area contributed by atoms with E-state index in [-0.39, 0.29) is 11.8 Å². The first-order chi connectivity index (χ1) is 9.60. The number of aliphatic imine (C=N–C) groups is 1. The van der Waals surface area contributed by atoms with Gasteiger partial charge in [0.25, 0.3) is 5.91 Å². The first-order valence-corrected chi connectivity index (χ1v) is 7.42. The second kappa shape index (κ2) is 6.75. The lowest BCUT2D eigenvalue weighted by atomic mass is 9.99. The maximum Gasteiger partial charge on any atom is 0.253 e. The Morgan fingerprint density at radius 1 is 1.45 bits per heavy atom. The molecule has 0 bridgehead atoms. The molecule has 5 heteroatoms. The molecule has 20 heavy (non-hydrogen) atoms. The van der Waals surface area contributed by atoms with Gasteiger partial charge in [-0.25, -0.2) is 4.99 Å². The SMILES string of the molecule is CC1CCCN(C(=O)c2ccc(N=C(N)CCl)cc2)C1. The molecule has 108 valence electrons. The summed E-state index contributed by atoms with van der Waals surface area (Å²) >= 11 is 5.58. The summed E-state index contributed by atoms with van der Waals surface area (Å²) in [5.74, 6) is 1.25. The van der Waals surface area contributed by atoms with Crippen molar-refractivity contribution in [1.82, 2.24) is 4.90 Å². The minimum atomic E-state index is 0.0948. The van der Waals surface area contributed by atoms with E-state index in [0.29, 0.717) is 23.0 Å². The maximum atomic E-state index is 12.4. The van der Waals surface area contributed by atoms with Crippen LogP contribution in [0.25, 0.3) is 0 Å². The second-order valence-corrected chi connectivity index (χ2v) is 5.55. The summed E-state index contributed by atoms with van der Waals surface area (Å²) in [4.78, 5) is 18.4. The maximum absolute atomic E-state index is 12.4. The number of amides is 1. The van der Waals surface area contributed by atoms with Crippen LogP contribution in [0.2, 0.25) is 0 Å². The van der Waals surface area contributed by atoms with E-state index >= 15 is 0 Å². The Kier molecular flexibility index (Phi) is 5.01. The van der Waals surface area contributed by atoms with Gasteiger partial charge < -0.3 is 10.6 Å². The van der Waals surface area contributed by atoms with Gasteiger partial charge in [-0.1, -0.05) is 6.92 Å². The van der Waals surface area contributed by atoms with Crippen molar-refractivity contribution in [2.75, 3.05) is 19.0 Å². The number of alkyl halides is 1. The van der Waals surface area contributed by atoms with Gasteiger partial charge in [0.2, 0.25) is 0 Å². The van der Waals surface area contributed by atoms with Gasteiger partial charge in [0.15, 0.2) is 0 Å². The Balaban J connectivity index is 2.07. The minimum Gasteiger partial charge on any atom is -0.386 e. The van der Waals surface area contributed by atoms with Crippen LogP contribution in [0, 0.1) is 5.92 Å². The van der Waals surface area contributed by atoms with Gasteiger partial charge in [-0.2, -0.15) is 0 Å². The molecule has 1 saturated heterocycles. The number of halogens is 1. The summed E-state index contributed by atoms with van der Waals surface area (Å²) in [5.41, 5.74) is 6.99. The molecule has 1 unspecified atom stereocenters. The highest BCUT2D eigenvalue weighted by Gasteiger charge is 2.21. The summed E-state index contributed by atoms with van der Waals surface area (Å²) in [6, 6.07) is 7.17. The van der Waals surface area contributed by atoms with Gasteiger partial charge in [-0.15, -0.1) is 11.6 Å². The van der Waals surface area contributed by atoms with E-state index in [0.717, 1.165) is 19.5 Å². The van der Waals surface area contributed by atoms with Gasteiger partial charge in [0.1, 0.15) is 5.84 Å². The number of rotatable bonds is 3. The smallest absolute Gasteiger partial charge is 0.253 e. The fourth-order valence-corrected chi connectivity index (χ4v) is 2.49. The molecule has 4 nitrogen and oxygen atoms in total. The van der Waals surface area contributed by atoms with Crippen LogP contribution in [-0.2, 0) is 0 Å². The molecule has 1 aromatic carbocycles. The Hall–Kier alpha value is -1.55. The fraction of sp³-hybridized carbons (Fsp3) is 0.467. The van der Waals surface area contributed by atoms with Crippen molar-refractivity contribution in [3.63, 3.8) is 0 Å². The zero-order valence-corrected chi connectivity index (χ0v) is 12.4. The van der Waals surface area contributed by atoms with E-state index in [9.17, 15) is 4.79 Å². The molecule has 1 aromatic rings. The lowest BCUT2D eigenvalue weighted by molar-refractivity contribution is 0.0683. The van der Waals surface area contributed by atoms with Gasteiger partial charge in [0.05, 0.1) is 11.6 Å². The molecule has 1 atom stereocenters. The van der Waals surface area contributed by atoms with Crippen LogP contribution < -0.4 is 5.73 Å². The van der Waals surface area contributed by atoms with Crippen LogP contribution in [0.3, 0.4) is 0 Å². The van der Waals surface area contributed by atoms with Crippen molar-refractivity contribution in [3.05, 3.63) is 29.8 Å². The number of amidine groups is 1.